The number of nitrogens with zero attached hydrogens (tertiary/aromatic N) is 1. The van der Waals surface area contributed by atoms with E-state index >= 15 is 0 Å². The van der Waals surface area contributed by atoms with Gasteiger partial charge in [0, 0.05) is 24.2 Å². The molecule has 0 aliphatic carbocycles. The summed E-state index contributed by atoms with van der Waals surface area (Å²) in [4.78, 5) is 4.32. The van der Waals surface area contributed by atoms with Gasteiger partial charge in [-0.1, -0.05) is 18.2 Å². The van der Waals surface area contributed by atoms with Gasteiger partial charge in [-0.2, -0.15) is 0 Å². The molecule has 0 saturated carbocycles. The number of hydrogen-bond donors (Lipinski definition) is 1. The van der Waals surface area contributed by atoms with Crippen LogP contribution in [-0.4, -0.2) is 27.0 Å². The first-order chi connectivity index (χ1) is 10.1. The molecule has 1 atom stereocenters. The molecule has 0 saturated heterocycles. The molecule has 0 amide bonds. The number of pyridine rings is 1. The Morgan fingerprint density at radius 1 is 1.19 bits per heavy atom. The van der Waals surface area contributed by atoms with E-state index < -0.39 is 0 Å². The summed E-state index contributed by atoms with van der Waals surface area (Å²) in [5.41, 5.74) is 2.51. The third-order valence-electron chi connectivity index (χ3n) is 3.33. The van der Waals surface area contributed by atoms with Crippen LogP contribution >= 0.6 is 0 Å². The standard InChI is InChI=1S/C16H19BN2O2/c1-11(14-5-4-6-16(17)19-14)18-10-12-7-8-13(20-2)9-15(12)21-3/h4-9,11,18H,10H2,1-3H3. The van der Waals surface area contributed by atoms with Gasteiger partial charge in [0.1, 0.15) is 19.3 Å². The highest BCUT2D eigenvalue weighted by Gasteiger charge is 2.09. The van der Waals surface area contributed by atoms with Crippen LogP contribution in [0.1, 0.15) is 24.2 Å². The van der Waals surface area contributed by atoms with Crippen molar-refractivity contribution in [2.24, 2.45) is 0 Å². The first kappa shape index (κ1) is 15.4. The van der Waals surface area contributed by atoms with Gasteiger partial charge in [-0.3, -0.25) is 4.98 Å². The minimum Gasteiger partial charge on any atom is -0.497 e. The highest BCUT2D eigenvalue weighted by molar-refractivity contribution is 6.30. The molecule has 1 aromatic carbocycles. The molecular formula is C16H19BN2O2. The van der Waals surface area contributed by atoms with E-state index in [1.54, 1.807) is 20.3 Å². The molecule has 21 heavy (non-hydrogen) atoms. The molecule has 5 heteroatoms. The summed E-state index contributed by atoms with van der Waals surface area (Å²) >= 11 is 0. The summed E-state index contributed by atoms with van der Waals surface area (Å²) in [7, 11) is 9.00. The summed E-state index contributed by atoms with van der Waals surface area (Å²) in [5.74, 6) is 1.58. The van der Waals surface area contributed by atoms with Crippen LogP contribution < -0.4 is 20.4 Å². The van der Waals surface area contributed by atoms with Gasteiger partial charge in [-0.05, 0) is 24.6 Å². The van der Waals surface area contributed by atoms with E-state index in [1.807, 2.05) is 30.3 Å². The number of hydrogen-bond acceptors (Lipinski definition) is 4. The maximum atomic E-state index is 5.71. The summed E-state index contributed by atoms with van der Waals surface area (Å²) in [6.07, 6.45) is 0. The van der Waals surface area contributed by atoms with Crippen LogP contribution in [0, 0.1) is 0 Å². The molecule has 1 aromatic heterocycles. The van der Waals surface area contributed by atoms with Crippen molar-refractivity contribution in [2.45, 2.75) is 19.5 Å². The first-order valence-electron chi connectivity index (χ1n) is 6.80. The van der Waals surface area contributed by atoms with E-state index in [1.165, 1.54) is 0 Å². The van der Waals surface area contributed by atoms with Gasteiger partial charge in [0.05, 0.1) is 19.9 Å². The lowest BCUT2D eigenvalue weighted by Gasteiger charge is -2.16. The Bertz CT molecular complexity index is 605. The van der Waals surface area contributed by atoms with E-state index in [-0.39, 0.29) is 6.04 Å². The lowest BCUT2D eigenvalue weighted by molar-refractivity contribution is 0.388. The molecule has 1 N–H and O–H groups in total. The fourth-order valence-electron chi connectivity index (χ4n) is 2.08. The third-order valence-corrected chi connectivity index (χ3v) is 3.33. The Kier molecular flexibility index (Phi) is 5.23. The normalized spacial score (nSPS) is 12.0. The van der Waals surface area contributed by atoms with Gasteiger partial charge < -0.3 is 14.8 Å². The monoisotopic (exact) mass is 282 g/mol. The zero-order valence-corrected chi connectivity index (χ0v) is 12.6. The molecule has 0 aliphatic rings. The number of aromatic nitrogens is 1. The maximum absolute atomic E-state index is 5.71. The van der Waals surface area contributed by atoms with Crippen molar-refractivity contribution in [3.05, 3.63) is 47.7 Å². The largest absolute Gasteiger partial charge is 0.497 e. The predicted octanol–water partition coefficient (Wildman–Crippen LogP) is 1.74. The van der Waals surface area contributed by atoms with Crippen LogP contribution in [0.4, 0.5) is 0 Å². The van der Waals surface area contributed by atoms with Crippen LogP contribution in [0.25, 0.3) is 0 Å². The van der Waals surface area contributed by atoms with Crippen LogP contribution in [0.15, 0.2) is 36.4 Å². The second kappa shape index (κ2) is 7.13. The molecule has 0 fully saturated rings. The van der Waals surface area contributed by atoms with Crippen molar-refractivity contribution >= 4 is 13.4 Å². The molecule has 1 unspecified atom stereocenters. The quantitative estimate of drug-likeness (QED) is 0.820. The van der Waals surface area contributed by atoms with Crippen molar-refractivity contribution < 1.29 is 9.47 Å². The Labute approximate surface area is 126 Å². The minimum absolute atomic E-state index is 0.0975. The number of ether oxygens (including phenoxy) is 2. The van der Waals surface area contributed by atoms with Crippen molar-refractivity contribution in [1.29, 1.82) is 0 Å². The number of benzene rings is 1. The highest BCUT2D eigenvalue weighted by atomic mass is 16.5. The summed E-state index contributed by atoms with van der Waals surface area (Å²) in [5, 5.41) is 3.42. The van der Waals surface area contributed by atoms with E-state index in [0.29, 0.717) is 12.1 Å². The molecular weight excluding hydrogens is 263 g/mol. The molecule has 108 valence electrons. The molecule has 1 heterocycles. The second-order valence-corrected chi connectivity index (χ2v) is 4.77. The molecule has 0 aliphatic heterocycles. The minimum atomic E-state index is 0.0975. The molecule has 2 radical (unpaired) electrons. The Hall–Kier alpha value is -2.01. The van der Waals surface area contributed by atoms with Gasteiger partial charge in [-0.25, -0.2) is 0 Å². The zero-order valence-electron chi connectivity index (χ0n) is 12.6. The van der Waals surface area contributed by atoms with Gasteiger partial charge in [-0.15, -0.1) is 0 Å². The van der Waals surface area contributed by atoms with Gasteiger partial charge in [0.25, 0.3) is 0 Å². The Balaban J connectivity index is 2.05. The van der Waals surface area contributed by atoms with Crippen molar-refractivity contribution in [2.75, 3.05) is 14.2 Å². The Morgan fingerprint density at radius 3 is 2.67 bits per heavy atom. The molecule has 0 spiro atoms. The predicted molar refractivity (Wildman–Crippen MR) is 84.4 cm³/mol. The summed E-state index contributed by atoms with van der Waals surface area (Å²) < 4.78 is 10.6. The van der Waals surface area contributed by atoms with Crippen LogP contribution in [0.5, 0.6) is 11.5 Å². The van der Waals surface area contributed by atoms with Gasteiger partial charge in [0.2, 0.25) is 0 Å². The van der Waals surface area contributed by atoms with E-state index in [2.05, 4.69) is 17.2 Å². The fourth-order valence-corrected chi connectivity index (χ4v) is 2.08. The molecule has 0 bridgehead atoms. The third kappa shape index (κ3) is 3.98. The summed E-state index contributed by atoms with van der Waals surface area (Å²) in [6, 6.07) is 11.5. The Morgan fingerprint density at radius 2 is 2.00 bits per heavy atom. The van der Waals surface area contributed by atoms with E-state index in [4.69, 9.17) is 17.3 Å². The maximum Gasteiger partial charge on any atom is 0.141 e. The van der Waals surface area contributed by atoms with Gasteiger partial charge >= 0.3 is 0 Å². The second-order valence-electron chi connectivity index (χ2n) is 4.77. The van der Waals surface area contributed by atoms with Crippen LogP contribution in [0.2, 0.25) is 0 Å². The number of nitrogens with one attached hydrogen (secondary N) is 1. The zero-order chi connectivity index (χ0) is 15.2. The lowest BCUT2D eigenvalue weighted by Crippen LogP contribution is -2.22. The number of rotatable bonds is 6. The SMILES string of the molecule is [B]c1cccc(C(C)NCc2ccc(OC)cc2OC)n1. The van der Waals surface area contributed by atoms with Crippen LogP contribution in [0.3, 0.4) is 0 Å². The van der Waals surface area contributed by atoms with E-state index in [0.717, 1.165) is 22.8 Å². The average molecular weight is 282 g/mol. The molecule has 2 aromatic rings. The lowest BCUT2D eigenvalue weighted by atomic mass is 10.0. The topological polar surface area (TPSA) is 43.4 Å². The van der Waals surface area contributed by atoms with Crippen molar-refractivity contribution in [3.63, 3.8) is 0 Å². The fraction of sp³-hybridized carbons (Fsp3) is 0.312. The van der Waals surface area contributed by atoms with Crippen LogP contribution in [-0.2, 0) is 6.54 Å². The summed E-state index contributed by atoms with van der Waals surface area (Å²) in [6.45, 7) is 2.72. The average Bonchev–Trinajstić information content (AvgIpc) is 2.52. The van der Waals surface area contributed by atoms with Crippen molar-refractivity contribution in [1.82, 2.24) is 10.3 Å². The number of methoxy groups -OCH3 is 2. The van der Waals surface area contributed by atoms with E-state index in [9.17, 15) is 0 Å². The molecule has 2 rings (SSSR count). The highest BCUT2D eigenvalue weighted by Crippen LogP contribution is 2.25. The van der Waals surface area contributed by atoms with Gasteiger partial charge in [0.15, 0.2) is 0 Å². The smallest absolute Gasteiger partial charge is 0.141 e. The molecule has 4 nitrogen and oxygen atoms in total. The first-order valence-corrected chi connectivity index (χ1v) is 6.80. The van der Waals surface area contributed by atoms with Crippen molar-refractivity contribution in [3.8, 4) is 11.5 Å².